The van der Waals surface area contributed by atoms with Crippen molar-refractivity contribution in [1.29, 1.82) is 0 Å². The molecule has 1 aliphatic heterocycles. The lowest BCUT2D eigenvalue weighted by Crippen LogP contribution is -2.47. The summed E-state index contributed by atoms with van der Waals surface area (Å²) in [5.74, 6) is 0. The molecular weight excluding hydrogens is 328 g/mol. The second kappa shape index (κ2) is 8.30. The average Bonchev–Trinajstić information content (AvgIpc) is 2.60. The number of benzene rings is 1. The molecule has 2 amide bonds. The number of nitrogens with zero attached hydrogens (tertiary/aromatic N) is 1. The van der Waals surface area contributed by atoms with Crippen LogP contribution in [-0.4, -0.2) is 45.7 Å². The molecule has 0 bridgehead atoms. The Labute approximate surface area is 143 Å². The van der Waals surface area contributed by atoms with Crippen LogP contribution in [0.15, 0.2) is 29.7 Å². The van der Waals surface area contributed by atoms with Gasteiger partial charge in [-0.3, -0.25) is 0 Å². The van der Waals surface area contributed by atoms with Crippen molar-refractivity contribution in [1.82, 2.24) is 9.62 Å². The van der Waals surface area contributed by atoms with Crippen molar-refractivity contribution in [2.24, 2.45) is 0 Å². The van der Waals surface area contributed by atoms with Gasteiger partial charge in [0.15, 0.2) is 0 Å². The number of hydrogen-bond acceptors (Lipinski definition) is 4. The topological polar surface area (TPSA) is 75.7 Å². The van der Waals surface area contributed by atoms with Gasteiger partial charge in [-0.2, -0.15) is 0 Å². The number of aryl methyl sites for hydroxylation is 1. The quantitative estimate of drug-likeness (QED) is 0.883. The van der Waals surface area contributed by atoms with Crippen molar-refractivity contribution in [2.75, 3.05) is 20.2 Å². The minimum absolute atomic E-state index is 0.136. The second-order valence-corrected chi connectivity index (χ2v) is 7.34. The Morgan fingerprint density at radius 2 is 1.92 bits per heavy atom. The third-order valence-electron chi connectivity index (χ3n) is 4.12. The summed E-state index contributed by atoms with van der Waals surface area (Å²) in [6.45, 7) is 3.03. The molecule has 1 aromatic carbocycles. The Morgan fingerprint density at radius 1 is 1.29 bits per heavy atom. The number of likely N-dealkylation sites (tertiary alicyclic amines) is 1. The van der Waals surface area contributed by atoms with E-state index in [1.165, 1.54) is 16.5 Å². The average molecular weight is 352 g/mol. The smallest absolute Gasteiger partial charge is 0.331 e. The number of rotatable bonds is 5. The molecule has 0 radical (unpaired) electrons. The molecule has 0 spiro atoms. The predicted molar refractivity (Wildman–Crippen MR) is 93.9 cm³/mol. The molecule has 1 heterocycles. The molecule has 132 valence electrons. The summed E-state index contributed by atoms with van der Waals surface area (Å²) in [5, 5.41) is 1.02. The molecule has 1 aromatic rings. The summed E-state index contributed by atoms with van der Waals surface area (Å²) in [7, 11) is -2.17. The van der Waals surface area contributed by atoms with Crippen LogP contribution in [0.2, 0.25) is 0 Å². The third-order valence-corrected chi connectivity index (χ3v) is 5.07. The zero-order valence-corrected chi connectivity index (χ0v) is 14.9. The number of methoxy groups -OCH3 is 1. The van der Waals surface area contributed by atoms with Crippen molar-refractivity contribution < 1.29 is 17.9 Å². The van der Waals surface area contributed by atoms with Crippen LogP contribution in [0.5, 0.6) is 0 Å². The first-order valence-corrected chi connectivity index (χ1v) is 9.59. The standard InChI is InChI=1S/C17H24N2O4S/c1-3-14-4-6-15(7-5-14)10-13-24(21,22)18-17(20)19-11-8-16(23-2)9-12-19/h4-7,10,13,16H,3,8-9,11-12H2,1-2H3,(H,18,20). The monoisotopic (exact) mass is 352 g/mol. The van der Waals surface area contributed by atoms with Gasteiger partial charge in [0.1, 0.15) is 0 Å². The van der Waals surface area contributed by atoms with Gasteiger partial charge in [0.25, 0.3) is 10.0 Å². The molecule has 6 nitrogen and oxygen atoms in total. The van der Waals surface area contributed by atoms with E-state index in [9.17, 15) is 13.2 Å². The van der Waals surface area contributed by atoms with Gasteiger partial charge >= 0.3 is 6.03 Å². The minimum Gasteiger partial charge on any atom is -0.381 e. The van der Waals surface area contributed by atoms with Crippen LogP contribution < -0.4 is 4.72 Å². The highest BCUT2D eigenvalue weighted by Gasteiger charge is 2.24. The zero-order valence-electron chi connectivity index (χ0n) is 14.1. The maximum atomic E-state index is 12.1. The summed E-state index contributed by atoms with van der Waals surface area (Å²) in [4.78, 5) is 13.6. The van der Waals surface area contributed by atoms with E-state index >= 15 is 0 Å². The maximum absolute atomic E-state index is 12.1. The number of amides is 2. The molecule has 7 heteroatoms. The number of nitrogens with one attached hydrogen (secondary N) is 1. The van der Waals surface area contributed by atoms with Crippen molar-refractivity contribution in [3.05, 3.63) is 40.8 Å². The first kappa shape index (κ1) is 18.5. The van der Waals surface area contributed by atoms with E-state index in [0.29, 0.717) is 25.9 Å². The van der Waals surface area contributed by atoms with Gasteiger partial charge in [-0.1, -0.05) is 31.2 Å². The molecule has 24 heavy (non-hydrogen) atoms. The third kappa shape index (κ3) is 5.35. The fourth-order valence-electron chi connectivity index (χ4n) is 2.55. The SMILES string of the molecule is CCc1ccc(C=CS(=O)(=O)NC(=O)N2CCC(OC)CC2)cc1. The lowest BCUT2D eigenvalue weighted by molar-refractivity contribution is 0.0511. The number of ether oxygens (including phenoxy) is 1. The minimum atomic E-state index is -3.82. The largest absolute Gasteiger partial charge is 0.381 e. The van der Waals surface area contributed by atoms with E-state index in [1.807, 2.05) is 24.3 Å². The summed E-state index contributed by atoms with van der Waals surface area (Å²) in [5.41, 5.74) is 1.95. The van der Waals surface area contributed by atoms with Crippen LogP contribution in [-0.2, 0) is 21.2 Å². The normalized spacial score (nSPS) is 16.5. The highest BCUT2D eigenvalue weighted by Crippen LogP contribution is 2.13. The van der Waals surface area contributed by atoms with Crippen LogP contribution in [0.4, 0.5) is 4.79 Å². The van der Waals surface area contributed by atoms with Crippen LogP contribution in [0.3, 0.4) is 0 Å². The van der Waals surface area contributed by atoms with E-state index in [0.717, 1.165) is 17.4 Å². The van der Waals surface area contributed by atoms with Gasteiger partial charge in [0.05, 0.1) is 11.5 Å². The molecule has 1 saturated heterocycles. The number of hydrogen-bond donors (Lipinski definition) is 1. The molecule has 2 rings (SSSR count). The van der Waals surface area contributed by atoms with E-state index in [1.54, 1.807) is 7.11 Å². The van der Waals surface area contributed by atoms with Crippen molar-refractivity contribution in [2.45, 2.75) is 32.3 Å². The van der Waals surface area contributed by atoms with Crippen molar-refractivity contribution in [3.63, 3.8) is 0 Å². The van der Waals surface area contributed by atoms with Crippen molar-refractivity contribution >= 4 is 22.1 Å². The van der Waals surface area contributed by atoms with E-state index < -0.39 is 16.1 Å². The van der Waals surface area contributed by atoms with Crippen LogP contribution in [0.1, 0.15) is 30.9 Å². The fourth-order valence-corrected chi connectivity index (χ4v) is 3.32. The summed E-state index contributed by atoms with van der Waals surface area (Å²) < 4.78 is 31.4. The predicted octanol–water partition coefficient (Wildman–Crippen LogP) is 2.37. The first-order valence-electron chi connectivity index (χ1n) is 8.05. The summed E-state index contributed by atoms with van der Waals surface area (Å²) in [6.07, 6.45) is 3.97. The maximum Gasteiger partial charge on any atom is 0.331 e. The van der Waals surface area contributed by atoms with Gasteiger partial charge in [0.2, 0.25) is 0 Å². The van der Waals surface area contributed by atoms with Crippen LogP contribution in [0, 0.1) is 0 Å². The van der Waals surface area contributed by atoms with Gasteiger partial charge in [-0.25, -0.2) is 17.9 Å². The zero-order chi connectivity index (χ0) is 17.6. The molecule has 0 atom stereocenters. The molecule has 1 N–H and O–H groups in total. The lowest BCUT2D eigenvalue weighted by Gasteiger charge is -2.30. The number of carbonyl (C=O) groups is 1. The molecule has 1 fully saturated rings. The Morgan fingerprint density at radius 3 is 2.46 bits per heavy atom. The van der Waals surface area contributed by atoms with E-state index in [2.05, 4.69) is 11.6 Å². The number of sulfonamides is 1. The summed E-state index contributed by atoms with van der Waals surface area (Å²) in [6, 6.07) is 7.01. The van der Waals surface area contributed by atoms with Crippen LogP contribution >= 0.6 is 0 Å². The van der Waals surface area contributed by atoms with Crippen LogP contribution in [0.25, 0.3) is 6.08 Å². The lowest BCUT2D eigenvalue weighted by atomic mass is 10.1. The highest BCUT2D eigenvalue weighted by molar-refractivity contribution is 7.93. The van der Waals surface area contributed by atoms with Gasteiger partial charge in [0, 0.05) is 20.2 Å². The van der Waals surface area contributed by atoms with Crippen molar-refractivity contribution in [3.8, 4) is 0 Å². The Kier molecular flexibility index (Phi) is 6.39. The van der Waals surface area contributed by atoms with Gasteiger partial charge < -0.3 is 9.64 Å². The molecule has 1 aliphatic rings. The Bertz CT molecular complexity index is 675. The Hall–Kier alpha value is -1.86. The Balaban J connectivity index is 1.92. The molecule has 0 unspecified atom stereocenters. The number of urea groups is 1. The highest BCUT2D eigenvalue weighted by atomic mass is 32.2. The molecule has 0 aromatic heterocycles. The molecule has 0 saturated carbocycles. The first-order chi connectivity index (χ1) is 11.4. The fraction of sp³-hybridized carbons (Fsp3) is 0.471. The molecule has 0 aliphatic carbocycles. The number of piperidine rings is 1. The van der Waals surface area contributed by atoms with E-state index in [4.69, 9.17) is 4.74 Å². The molecular formula is C17H24N2O4S. The van der Waals surface area contributed by atoms with Gasteiger partial charge in [-0.15, -0.1) is 0 Å². The second-order valence-electron chi connectivity index (χ2n) is 5.77. The van der Waals surface area contributed by atoms with Gasteiger partial charge in [-0.05, 0) is 36.5 Å². The number of carbonyl (C=O) groups excluding carboxylic acids is 1. The van der Waals surface area contributed by atoms with E-state index in [-0.39, 0.29) is 6.10 Å². The summed E-state index contributed by atoms with van der Waals surface area (Å²) >= 11 is 0.